The summed E-state index contributed by atoms with van der Waals surface area (Å²) in [7, 11) is 3.87. The molecule has 3 N–H and O–H groups in total. The number of carbonyl (C=O) groups is 1. The number of aromatic nitrogens is 1. The Kier molecular flexibility index (Phi) is 7.11. The number of thiophene rings is 1. The van der Waals surface area contributed by atoms with Crippen LogP contribution in [0.25, 0.3) is 21.8 Å². The van der Waals surface area contributed by atoms with Gasteiger partial charge in [-0.3, -0.25) is 14.9 Å². The highest BCUT2D eigenvalue weighted by Crippen LogP contribution is 2.32. The van der Waals surface area contributed by atoms with Crippen LogP contribution in [0, 0.1) is 17.0 Å². The first-order chi connectivity index (χ1) is 15.6. The number of nitrogen functional groups attached to an aromatic ring is 1. The molecule has 2 heterocycles. The SMILES string of the molecule is Cc1cccc2c(N)c3cccc(C(=O)NC(C)[N+](C)(C)Cc4sccc4[N+](=O)[O-])c3nc12.[Cl-]. The number of halogens is 1. The number of pyridine rings is 1. The highest BCUT2D eigenvalue weighted by molar-refractivity contribution is 7.10. The molecule has 0 bridgehead atoms. The average molecular weight is 500 g/mol. The molecule has 10 heteroatoms. The van der Waals surface area contributed by atoms with Gasteiger partial charge in [-0.1, -0.05) is 30.3 Å². The van der Waals surface area contributed by atoms with E-state index in [-0.39, 0.29) is 35.1 Å². The van der Waals surface area contributed by atoms with Crippen molar-refractivity contribution in [1.29, 1.82) is 0 Å². The number of rotatable bonds is 6. The predicted molar refractivity (Wildman–Crippen MR) is 132 cm³/mol. The van der Waals surface area contributed by atoms with Crippen LogP contribution in [-0.4, -0.2) is 40.6 Å². The number of nitrogens with one attached hydrogen (secondary N) is 1. The van der Waals surface area contributed by atoms with E-state index in [0.29, 0.717) is 32.7 Å². The van der Waals surface area contributed by atoms with Crippen molar-refractivity contribution < 1.29 is 26.6 Å². The Bertz CT molecular complexity index is 1400. The molecule has 4 rings (SSSR count). The quantitative estimate of drug-likeness (QED) is 0.138. The summed E-state index contributed by atoms with van der Waals surface area (Å²) in [6.07, 6.45) is -0.311. The monoisotopic (exact) mass is 499 g/mol. The minimum atomic E-state index is -0.367. The summed E-state index contributed by atoms with van der Waals surface area (Å²) in [5.41, 5.74) is 9.92. The van der Waals surface area contributed by atoms with E-state index in [1.807, 2.05) is 52.2 Å². The number of fused-ring (bicyclic) bond motifs is 2. The molecule has 34 heavy (non-hydrogen) atoms. The molecule has 0 spiro atoms. The highest BCUT2D eigenvalue weighted by Gasteiger charge is 2.30. The number of anilines is 1. The van der Waals surface area contributed by atoms with Crippen molar-refractivity contribution in [2.24, 2.45) is 0 Å². The summed E-state index contributed by atoms with van der Waals surface area (Å²) in [6.45, 7) is 4.28. The van der Waals surface area contributed by atoms with Gasteiger partial charge in [0, 0.05) is 23.8 Å². The minimum absolute atomic E-state index is 0. The van der Waals surface area contributed by atoms with Crippen LogP contribution >= 0.6 is 11.3 Å². The van der Waals surface area contributed by atoms with Crippen LogP contribution in [0.5, 0.6) is 0 Å². The first-order valence-electron chi connectivity index (χ1n) is 10.5. The van der Waals surface area contributed by atoms with Gasteiger partial charge in [-0.2, -0.15) is 0 Å². The Hall–Kier alpha value is -3.27. The molecule has 0 aliphatic heterocycles. The lowest BCUT2D eigenvalue weighted by molar-refractivity contribution is -0.927. The van der Waals surface area contributed by atoms with E-state index in [9.17, 15) is 14.9 Å². The van der Waals surface area contributed by atoms with Crippen LogP contribution in [0.4, 0.5) is 11.4 Å². The molecule has 0 saturated carbocycles. The molecular formula is C24H26ClN5O3S. The van der Waals surface area contributed by atoms with Crippen LogP contribution in [0.1, 0.15) is 27.7 Å². The van der Waals surface area contributed by atoms with Gasteiger partial charge in [-0.25, -0.2) is 4.98 Å². The van der Waals surface area contributed by atoms with Gasteiger partial charge in [-0.05, 0) is 23.9 Å². The first kappa shape index (κ1) is 25.4. The van der Waals surface area contributed by atoms with Gasteiger partial charge < -0.3 is 27.9 Å². The summed E-state index contributed by atoms with van der Waals surface area (Å²) in [4.78, 5) is 29.7. The van der Waals surface area contributed by atoms with Gasteiger partial charge >= 0.3 is 0 Å². The third kappa shape index (κ3) is 4.54. The number of nitrogens with two attached hydrogens (primary N) is 1. The van der Waals surface area contributed by atoms with Gasteiger partial charge in [0.25, 0.3) is 11.6 Å². The van der Waals surface area contributed by atoms with Crippen LogP contribution in [0.3, 0.4) is 0 Å². The maximum absolute atomic E-state index is 13.3. The molecule has 1 amide bonds. The van der Waals surface area contributed by atoms with Crippen molar-refractivity contribution >= 4 is 50.4 Å². The Morgan fingerprint density at radius 1 is 1.18 bits per heavy atom. The fraction of sp³-hybridized carbons (Fsp3) is 0.250. The molecule has 0 fully saturated rings. The zero-order chi connectivity index (χ0) is 23.9. The maximum atomic E-state index is 13.3. The number of hydrogen-bond donors (Lipinski definition) is 2. The highest BCUT2D eigenvalue weighted by atomic mass is 35.5. The molecule has 0 radical (unpaired) electrons. The second-order valence-corrected chi connectivity index (χ2v) is 9.77. The Morgan fingerprint density at radius 2 is 1.82 bits per heavy atom. The zero-order valence-corrected chi connectivity index (χ0v) is 20.9. The number of nitrogens with zero attached hydrogens (tertiary/aromatic N) is 3. The average Bonchev–Trinajstić information content (AvgIpc) is 3.22. The Labute approximate surface area is 207 Å². The topological polar surface area (TPSA) is 111 Å². The molecule has 2 aromatic carbocycles. The van der Waals surface area contributed by atoms with Crippen molar-refractivity contribution in [2.45, 2.75) is 26.6 Å². The number of hydrogen-bond acceptors (Lipinski definition) is 6. The summed E-state index contributed by atoms with van der Waals surface area (Å²) >= 11 is 1.35. The number of benzene rings is 2. The molecule has 178 valence electrons. The second kappa shape index (κ2) is 9.54. The molecule has 0 aliphatic carbocycles. The van der Waals surface area contributed by atoms with E-state index in [1.165, 1.54) is 17.4 Å². The minimum Gasteiger partial charge on any atom is -1.00 e. The van der Waals surface area contributed by atoms with Crippen LogP contribution < -0.4 is 23.5 Å². The normalized spacial score (nSPS) is 12.4. The van der Waals surface area contributed by atoms with Gasteiger partial charge in [0.1, 0.15) is 11.4 Å². The van der Waals surface area contributed by atoms with Crippen LogP contribution in [-0.2, 0) is 6.54 Å². The second-order valence-electron chi connectivity index (χ2n) is 8.77. The number of para-hydroxylation sites is 2. The zero-order valence-electron chi connectivity index (χ0n) is 19.3. The van der Waals surface area contributed by atoms with E-state index in [0.717, 1.165) is 21.9 Å². The van der Waals surface area contributed by atoms with Crippen molar-refractivity contribution in [3.05, 3.63) is 74.0 Å². The molecule has 8 nitrogen and oxygen atoms in total. The third-order valence-electron chi connectivity index (χ3n) is 6.18. The summed E-state index contributed by atoms with van der Waals surface area (Å²) < 4.78 is 0.343. The van der Waals surface area contributed by atoms with E-state index in [2.05, 4.69) is 5.32 Å². The molecule has 1 unspecified atom stereocenters. The molecule has 0 saturated heterocycles. The van der Waals surface area contributed by atoms with E-state index in [4.69, 9.17) is 10.7 Å². The number of carbonyl (C=O) groups excluding carboxylic acids is 1. The standard InChI is InChI=1S/C24H25N5O3S.ClH/c1-14-7-5-8-16-21(25)17-9-6-10-18(23(17)27-22(14)16)24(30)26-15(2)29(3,4)13-20-19(28(31)32)11-12-33-20;/h5-12,15H,13H2,1-4H3,(H2-,25,26,27,30);1H. The van der Waals surface area contributed by atoms with Gasteiger partial charge in [0.05, 0.1) is 41.3 Å². The van der Waals surface area contributed by atoms with Crippen LogP contribution in [0.15, 0.2) is 47.8 Å². The lowest BCUT2D eigenvalue weighted by atomic mass is 10.0. The van der Waals surface area contributed by atoms with E-state index in [1.54, 1.807) is 17.5 Å². The van der Waals surface area contributed by atoms with Gasteiger partial charge in [-0.15, -0.1) is 11.3 Å². The van der Waals surface area contributed by atoms with Crippen molar-refractivity contribution in [3.8, 4) is 0 Å². The van der Waals surface area contributed by atoms with Gasteiger partial charge in [0.15, 0.2) is 6.17 Å². The smallest absolute Gasteiger partial charge is 0.288 e. The number of aryl methyl sites for hydroxylation is 1. The molecule has 1 atom stereocenters. The number of quaternary nitrogens is 1. The molecule has 2 aromatic heterocycles. The number of amides is 1. The van der Waals surface area contributed by atoms with E-state index < -0.39 is 0 Å². The molecule has 4 aromatic rings. The van der Waals surface area contributed by atoms with Crippen molar-refractivity contribution in [3.63, 3.8) is 0 Å². The lowest BCUT2D eigenvalue weighted by Gasteiger charge is -2.35. The van der Waals surface area contributed by atoms with Crippen molar-refractivity contribution in [2.75, 3.05) is 19.8 Å². The first-order valence-corrected chi connectivity index (χ1v) is 11.4. The maximum Gasteiger partial charge on any atom is 0.288 e. The Morgan fingerprint density at radius 3 is 2.50 bits per heavy atom. The van der Waals surface area contributed by atoms with Gasteiger partial charge in [0.2, 0.25) is 0 Å². The predicted octanol–water partition coefficient (Wildman–Crippen LogP) is 1.60. The summed E-state index contributed by atoms with van der Waals surface area (Å²) in [5.74, 6) is -0.264. The number of nitro groups is 1. The van der Waals surface area contributed by atoms with Crippen molar-refractivity contribution in [1.82, 2.24) is 10.3 Å². The summed E-state index contributed by atoms with van der Waals surface area (Å²) in [6, 6.07) is 12.8. The van der Waals surface area contributed by atoms with Crippen LogP contribution in [0.2, 0.25) is 0 Å². The molecular weight excluding hydrogens is 474 g/mol. The fourth-order valence-corrected chi connectivity index (χ4v) is 4.94. The lowest BCUT2D eigenvalue weighted by Crippen LogP contribution is -3.00. The largest absolute Gasteiger partial charge is 1.00 e. The summed E-state index contributed by atoms with van der Waals surface area (Å²) in [5, 5.41) is 17.7. The molecule has 0 aliphatic rings. The third-order valence-corrected chi connectivity index (χ3v) is 7.08. The fourth-order valence-electron chi connectivity index (χ4n) is 3.91. The Balaban J connectivity index is 0.00000324. The van der Waals surface area contributed by atoms with E-state index >= 15 is 0 Å².